The molecule has 2 rings (SSSR count). The zero-order valence-electron chi connectivity index (χ0n) is 9.53. The maximum absolute atomic E-state index is 13.0. The van der Waals surface area contributed by atoms with Crippen LogP contribution in [0.1, 0.15) is 30.9 Å². The predicted molar refractivity (Wildman–Crippen MR) is 63.6 cm³/mol. The van der Waals surface area contributed by atoms with E-state index in [1.165, 1.54) is 31.4 Å². The van der Waals surface area contributed by atoms with E-state index in [1.807, 2.05) is 6.07 Å². The monoisotopic (exact) mass is 222 g/mol. The lowest BCUT2D eigenvalue weighted by atomic mass is 10.1. The lowest BCUT2D eigenvalue weighted by molar-refractivity contribution is 0.216. The second-order valence-electron chi connectivity index (χ2n) is 4.52. The van der Waals surface area contributed by atoms with Gasteiger partial charge in [0.1, 0.15) is 5.82 Å². The molecule has 1 aromatic rings. The van der Waals surface area contributed by atoms with E-state index < -0.39 is 0 Å². The molecule has 1 aliphatic heterocycles. The number of piperidine rings is 1. The SMILES string of the molecule is NC(CN1CCCCC1)c1cccc(F)c1. The Balaban J connectivity index is 1.94. The molecule has 16 heavy (non-hydrogen) atoms. The fourth-order valence-electron chi connectivity index (χ4n) is 2.26. The molecule has 2 N–H and O–H groups in total. The van der Waals surface area contributed by atoms with Crippen molar-refractivity contribution >= 4 is 0 Å². The Morgan fingerprint density at radius 1 is 1.25 bits per heavy atom. The molecule has 88 valence electrons. The summed E-state index contributed by atoms with van der Waals surface area (Å²) in [6.07, 6.45) is 3.84. The number of halogens is 1. The first-order valence-electron chi connectivity index (χ1n) is 5.99. The zero-order chi connectivity index (χ0) is 11.4. The molecule has 0 bridgehead atoms. The maximum Gasteiger partial charge on any atom is 0.123 e. The Labute approximate surface area is 96.2 Å². The van der Waals surface area contributed by atoms with Crippen molar-refractivity contribution in [1.29, 1.82) is 0 Å². The van der Waals surface area contributed by atoms with Crippen LogP contribution in [0, 0.1) is 5.82 Å². The van der Waals surface area contributed by atoms with Gasteiger partial charge in [0.05, 0.1) is 0 Å². The Bertz CT molecular complexity index is 334. The van der Waals surface area contributed by atoms with Crippen LogP contribution < -0.4 is 5.73 Å². The number of nitrogens with zero attached hydrogens (tertiary/aromatic N) is 1. The van der Waals surface area contributed by atoms with Crippen molar-refractivity contribution in [3.8, 4) is 0 Å². The smallest absolute Gasteiger partial charge is 0.123 e. The van der Waals surface area contributed by atoms with Gasteiger partial charge in [-0.3, -0.25) is 0 Å². The van der Waals surface area contributed by atoms with Gasteiger partial charge in [-0.1, -0.05) is 18.6 Å². The van der Waals surface area contributed by atoms with E-state index in [2.05, 4.69) is 4.90 Å². The first-order valence-corrected chi connectivity index (χ1v) is 5.99. The molecule has 1 heterocycles. The summed E-state index contributed by atoms with van der Waals surface area (Å²) in [5.74, 6) is -0.202. The summed E-state index contributed by atoms with van der Waals surface area (Å²) in [7, 11) is 0. The molecular formula is C13H19FN2. The first kappa shape index (κ1) is 11.6. The van der Waals surface area contributed by atoms with Gasteiger partial charge in [-0.2, -0.15) is 0 Å². The third-order valence-corrected chi connectivity index (χ3v) is 3.18. The van der Waals surface area contributed by atoms with Crippen LogP contribution in [0.4, 0.5) is 4.39 Å². The summed E-state index contributed by atoms with van der Waals surface area (Å²) in [6, 6.07) is 6.54. The molecule has 3 heteroatoms. The van der Waals surface area contributed by atoms with Gasteiger partial charge in [0, 0.05) is 12.6 Å². The van der Waals surface area contributed by atoms with E-state index in [0.717, 1.165) is 25.2 Å². The molecule has 1 aromatic carbocycles. The van der Waals surface area contributed by atoms with Gasteiger partial charge in [-0.15, -0.1) is 0 Å². The first-order chi connectivity index (χ1) is 7.75. The van der Waals surface area contributed by atoms with E-state index in [1.54, 1.807) is 6.07 Å². The fourth-order valence-corrected chi connectivity index (χ4v) is 2.26. The minimum absolute atomic E-state index is 0.0752. The second kappa shape index (κ2) is 5.41. The number of likely N-dealkylation sites (tertiary alicyclic amines) is 1. The number of nitrogens with two attached hydrogens (primary N) is 1. The molecule has 1 fully saturated rings. The van der Waals surface area contributed by atoms with Gasteiger partial charge in [-0.05, 0) is 43.6 Å². The minimum Gasteiger partial charge on any atom is -0.323 e. The Kier molecular flexibility index (Phi) is 3.91. The maximum atomic E-state index is 13.0. The Morgan fingerprint density at radius 3 is 2.69 bits per heavy atom. The standard InChI is InChI=1S/C13H19FN2/c14-12-6-4-5-11(9-12)13(15)10-16-7-2-1-3-8-16/h4-6,9,13H,1-3,7-8,10,15H2. The second-order valence-corrected chi connectivity index (χ2v) is 4.52. The van der Waals surface area contributed by atoms with Crippen LogP contribution in [0.3, 0.4) is 0 Å². The molecule has 1 saturated heterocycles. The van der Waals surface area contributed by atoms with E-state index in [-0.39, 0.29) is 11.9 Å². The average Bonchev–Trinajstić information content (AvgIpc) is 2.30. The summed E-state index contributed by atoms with van der Waals surface area (Å²) in [6.45, 7) is 3.09. The zero-order valence-corrected chi connectivity index (χ0v) is 9.53. The molecule has 0 radical (unpaired) electrons. The van der Waals surface area contributed by atoms with Crippen molar-refractivity contribution in [2.24, 2.45) is 5.73 Å². The third kappa shape index (κ3) is 3.03. The highest BCUT2D eigenvalue weighted by atomic mass is 19.1. The van der Waals surface area contributed by atoms with Crippen molar-refractivity contribution in [3.05, 3.63) is 35.6 Å². The molecular weight excluding hydrogens is 203 g/mol. The average molecular weight is 222 g/mol. The molecule has 0 saturated carbocycles. The molecule has 2 nitrogen and oxygen atoms in total. The third-order valence-electron chi connectivity index (χ3n) is 3.18. The van der Waals surface area contributed by atoms with Gasteiger partial charge < -0.3 is 10.6 Å². The Hall–Kier alpha value is -0.930. The van der Waals surface area contributed by atoms with Crippen LogP contribution in [-0.2, 0) is 0 Å². The summed E-state index contributed by atoms with van der Waals surface area (Å²) in [5, 5.41) is 0. The highest BCUT2D eigenvalue weighted by Gasteiger charge is 2.14. The predicted octanol–water partition coefficient (Wildman–Crippen LogP) is 2.31. The van der Waals surface area contributed by atoms with Gasteiger partial charge in [-0.25, -0.2) is 4.39 Å². The van der Waals surface area contributed by atoms with E-state index in [0.29, 0.717) is 0 Å². The van der Waals surface area contributed by atoms with E-state index in [9.17, 15) is 4.39 Å². The normalized spacial score (nSPS) is 19.6. The molecule has 0 aliphatic carbocycles. The topological polar surface area (TPSA) is 29.3 Å². The van der Waals surface area contributed by atoms with Crippen molar-refractivity contribution in [2.75, 3.05) is 19.6 Å². The number of hydrogen-bond acceptors (Lipinski definition) is 2. The van der Waals surface area contributed by atoms with Crippen LogP contribution in [0.5, 0.6) is 0 Å². The van der Waals surface area contributed by atoms with Gasteiger partial charge in [0.2, 0.25) is 0 Å². The van der Waals surface area contributed by atoms with Crippen LogP contribution in [0.2, 0.25) is 0 Å². The van der Waals surface area contributed by atoms with Crippen molar-refractivity contribution < 1.29 is 4.39 Å². The molecule has 0 spiro atoms. The van der Waals surface area contributed by atoms with Gasteiger partial charge in [0.15, 0.2) is 0 Å². The lowest BCUT2D eigenvalue weighted by Crippen LogP contribution is -2.36. The molecule has 1 aliphatic rings. The van der Waals surface area contributed by atoms with Gasteiger partial charge >= 0.3 is 0 Å². The van der Waals surface area contributed by atoms with E-state index in [4.69, 9.17) is 5.73 Å². The quantitative estimate of drug-likeness (QED) is 0.850. The van der Waals surface area contributed by atoms with Crippen LogP contribution in [-0.4, -0.2) is 24.5 Å². The minimum atomic E-state index is -0.202. The number of rotatable bonds is 3. The van der Waals surface area contributed by atoms with Crippen LogP contribution in [0.25, 0.3) is 0 Å². The molecule has 1 atom stereocenters. The summed E-state index contributed by atoms with van der Waals surface area (Å²) in [5.41, 5.74) is 6.98. The summed E-state index contributed by atoms with van der Waals surface area (Å²) >= 11 is 0. The largest absolute Gasteiger partial charge is 0.323 e. The van der Waals surface area contributed by atoms with Crippen molar-refractivity contribution in [2.45, 2.75) is 25.3 Å². The molecule has 1 unspecified atom stereocenters. The van der Waals surface area contributed by atoms with Crippen molar-refractivity contribution in [1.82, 2.24) is 4.90 Å². The summed E-state index contributed by atoms with van der Waals surface area (Å²) < 4.78 is 13.0. The Morgan fingerprint density at radius 2 is 2.00 bits per heavy atom. The van der Waals surface area contributed by atoms with Gasteiger partial charge in [0.25, 0.3) is 0 Å². The van der Waals surface area contributed by atoms with Crippen molar-refractivity contribution in [3.63, 3.8) is 0 Å². The fraction of sp³-hybridized carbons (Fsp3) is 0.538. The number of hydrogen-bond donors (Lipinski definition) is 1. The lowest BCUT2D eigenvalue weighted by Gasteiger charge is -2.29. The molecule has 0 amide bonds. The summed E-state index contributed by atoms with van der Waals surface area (Å²) in [4.78, 5) is 2.37. The molecule has 0 aromatic heterocycles. The van der Waals surface area contributed by atoms with Crippen LogP contribution >= 0.6 is 0 Å². The highest BCUT2D eigenvalue weighted by Crippen LogP contribution is 2.16. The highest BCUT2D eigenvalue weighted by molar-refractivity contribution is 5.20. The van der Waals surface area contributed by atoms with E-state index >= 15 is 0 Å². The van der Waals surface area contributed by atoms with Crippen LogP contribution in [0.15, 0.2) is 24.3 Å². The number of benzene rings is 1.